The number of benzene rings is 1. The van der Waals surface area contributed by atoms with Gasteiger partial charge in [0.1, 0.15) is 17.0 Å². The van der Waals surface area contributed by atoms with Crippen LogP contribution < -0.4 is 5.32 Å². The molecule has 3 heterocycles. The molecule has 3 aromatic rings. The molecule has 1 N–H and O–H groups in total. The Bertz CT molecular complexity index is 1250. The normalized spacial score (nSPS) is 16.3. The van der Waals surface area contributed by atoms with Gasteiger partial charge in [0.15, 0.2) is 0 Å². The lowest BCUT2D eigenvalue weighted by Crippen LogP contribution is -2.35. The summed E-state index contributed by atoms with van der Waals surface area (Å²) in [5, 5.41) is 7.35. The molecule has 170 valence electrons. The van der Waals surface area contributed by atoms with E-state index in [0.717, 1.165) is 18.8 Å². The standard InChI is InChI=1S/C24H26N6O3/c1-4-33-22(32)17-12-25-23(27-20(17)21(31)19-7-10-30(3)28-19)26-16-5-6-18-15(11-16)13-29(2)14-24(18)8-9-24/h5-7,10-12H,4,8-9,13-14H2,1-3H3,(H,25,26,27). The van der Waals surface area contributed by atoms with Crippen molar-refractivity contribution in [1.29, 1.82) is 0 Å². The molecule has 0 radical (unpaired) electrons. The van der Waals surface area contributed by atoms with Crippen molar-refractivity contribution in [1.82, 2.24) is 24.6 Å². The Hall–Kier alpha value is -3.59. The van der Waals surface area contributed by atoms with Gasteiger partial charge in [0, 0.05) is 43.6 Å². The highest BCUT2D eigenvalue weighted by molar-refractivity contribution is 6.12. The number of anilines is 2. The van der Waals surface area contributed by atoms with Crippen molar-refractivity contribution in [2.75, 3.05) is 25.5 Å². The quantitative estimate of drug-likeness (QED) is 0.456. The maximum atomic E-state index is 13.1. The number of hydrogen-bond donors (Lipinski definition) is 1. The Balaban J connectivity index is 1.47. The summed E-state index contributed by atoms with van der Waals surface area (Å²) in [4.78, 5) is 36.5. The predicted molar refractivity (Wildman–Crippen MR) is 122 cm³/mol. The van der Waals surface area contributed by atoms with Gasteiger partial charge >= 0.3 is 5.97 Å². The largest absolute Gasteiger partial charge is 0.462 e. The van der Waals surface area contributed by atoms with Crippen LogP contribution >= 0.6 is 0 Å². The molecule has 0 bridgehead atoms. The number of rotatable bonds is 6. The van der Waals surface area contributed by atoms with Crippen molar-refractivity contribution >= 4 is 23.4 Å². The van der Waals surface area contributed by atoms with Gasteiger partial charge in [0.2, 0.25) is 11.7 Å². The van der Waals surface area contributed by atoms with E-state index in [9.17, 15) is 9.59 Å². The Kier molecular flexibility index (Phi) is 5.20. The number of nitrogens with one attached hydrogen (secondary N) is 1. The van der Waals surface area contributed by atoms with E-state index in [4.69, 9.17) is 4.74 Å². The van der Waals surface area contributed by atoms with E-state index in [2.05, 4.69) is 44.5 Å². The average Bonchev–Trinajstić information content (AvgIpc) is 3.40. The molecule has 1 aliphatic heterocycles. The van der Waals surface area contributed by atoms with Gasteiger partial charge < -0.3 is 15.0 Å². The molecule has 1 spiro atoms. The first kappa shape index (κ1) is 21.3. The van der Waals surface area contributed by atoms with Gasteiger partial charge in [-0.15, -0.1) is 0 Å². The van der Waals surface area contributed by atoms with Gasteiger partial charge in [-0.05, 0) is 56.1 Å². The second kappa shape index (κ2) is 8.08. The third-order valence-corrected chi connectivity index (χ3v) is 6.24. The number of esters is 1. The molecule has 1 fully saturated rings. The maximum Gasteiger partial charge on any atom is 0.342 e. The highest BCUT2D eigenvalue weighted by atomic mass is 16.5. The van der Waals surface area contributed by atoms with Gasteiger partial charge in [-0.3, -0.25) is 9.48 Å². The lowest BCUT2D eigenvalue weighted by atomic mass is 9.87. The third-order valence-electron chi connectivity index (χ3n) is 6.24. The molecule has 0 unspecified atom stereocenters. The van der Waals surface area contributed by atoms with Crippen LogP contribution in [0.4, 0.5) is 11.6 Å². The van der Waals surface area contributed by atoms with E-state index in [-0.39, 0.29) is 29.5 Å². The van der Waals surface area contributed by atoms with Crippen molar-refractivity contribution in [2.24, 2.45) is 7.05 Å². The highest BCUT2D eigenvalue weighted by Gasteiger charge is 2.48. The second-order valence-corrected chi connectivity index (χ2v) is 8.83. The Morgan fingerprint density at radius 1 is 1.21 bits per heavy atom. The van der Waals surface area contributed by atoms with Crippen molar-refractivity contribution in [3.8, 4) is 0 Å². The zero-order chi connectivity index (χ0) is 23.2. The zero-order valence-electron chi connectivity index (χ0n) is 19.0. The van der Waals surface area contributed by atoms with Gasteiger partial charge in [0.05, 0.1) is 6.61 Å². The first-order chi connectivity index (χ1) is 15.9. The minimum Gasteiger partial charge on any atom is -0.462 e. The van der Waals surface area contributed by atoms with E-state index in [1.165, 1.54) is 34.8 Å². The third kappa shape index (κ3) is 4.00. The number of carbonyl (C=O) groups is 2. The van der Waals surface area contributed by atoms with Crippen LogP contribution in [0.15, 0.2) is 36.7 Å². The predicted octanol–water partition coefficient (Wildman–Crippen LogP) is 2.84. The fourth-order valence-electron chi connectivity index (χ4n) is 4.61. The second-order valence-electron chi connectivity index (χ2n) is 8.83. The molecule has 33 heavy (non-hydrogen) atoms. The fraction of sp³-hybridized carbons (Fsp3) is 0.375. The molecule has 0 saturated heterocycles. The maximum absolute atomic E-state index is 13.1. The molecule has 9 nitrogen and oxygen atoms in total. The van der Waals surface area contributed by atoms with E-state index in [1.54, 1.807) is 26.2 Å². The van der Waals surface area contributed by atoms with Crippen LogP contribution in [-0.4, -0.2) is 56.6 Å². The van der Waals surface area contributed by atoms with E-state index >= 15 is 0 Å². The molecule has 9 heteroatoms. The number of likely N-dealkylation sites (N-methyl/N-ethyl adjacent to an activating group) is 1. The van der Waals surface area contributed by atoms with E-state index in [0.29, 0.717) is 5.41 Å². The van der Waals surface area contributed by atoms with Crippen LogP contribution in [0.1, 0.15) is 57.4 Å². The molecule has 1 aromatic carbocycles. The summed E-state index contributed by atoms with van der Waals surface area (Å²) in [6.45, 7) is 3.87. The highest BCUT2D eigenvalue weighted by Crippen LogP contribution is 2.52. The molecule has 2 aromatic heterocycles. The Morgan fingerprint density at radius 2 is 2.03 bits per heavy atom. The molecule has 1 aliphatic carbocycles. The summed E-state index contributed by atoms with van der Waals surface area (Å²) in [6.07, 6.45) is 5.45. The van der Waals surface area contributed by atoms with Gasteiger partial charge in [-0.2, -0.15) is 5.10 Å². The number of ketones is 1. The molecule has 0 atom stereocenters. The SMILES string of the molecule is CCOC(=O)c1cnc(Nc2ccc3c(c2)CN(C)CC32CC2)nc1C(=O)c1ccn(C)n1. The number of aryl methyl sites for hydroxylation is 1. The lowest BCUT2D eigenvalue weighted by Gasteiger charge is -2.32. The topological polar surface area (TPSA) is 102 Å². The lowest BCUT2D eigenvalue weighted by molar-refractivity contribution is 0.0522. The van der Waals surface area contributed by atoms with Crippen molar-refractivity contribution in [3.63, 3.8) is 0 Å². The van der Waals surface area contributed by atoms with Crippen molar-refractivity contribution in [3.05, 3.63) is 64.7 Å². The van der Waals surface area contributed by atoms with Gasteiger partial charge in [-0.25, -0.2) is 14.8 Å². The van der Waals surface area contributed by atoms with Crippen LogP contribution in [0.3, 0.4) is 0 Å². The van der Waals surface area contributed by atoms with E-state index in [1.807, 2.05) is 6.07 Å². The van der Waals surface area contributed by atoms with Crippen LogP contribution in [-0.2, 0) is 23.7 Å². The molecular weight excluding hydrogens is 420 g/mol. The Morgan fingerprint density at radius 3 is 2.73 bits per heavy atom. The van der Waals surface area contributed by atoms with Crippen molar-refractivity contribution < 1.29 is 14.3 Å². The summed E-state index contributed by atoms with van der Waals surface area (Å²) in [6, 6.07) is 7.91. The van der Waals surface area contributed by atoms with Crippen LogP contribution in [0.5, 0.6) is 0 Å². The molecule has 2 aliphatic rings. The monoisotopic (exact) mass is 446 g/mol. The average molecular weight is 447 g/mol. The van der Waals surface area contributed by atoms with Crippen LogP contribution in [0, 0.1) is 0 Å². The molecular formula is C24H26N6O3. The summed E-state index contributed by atoms with van der Waals surface area (Å²) in [5.74, 6) is -0.880. The number of nitrogens with zero attached hydrogens (tertiary/aromatic N) is 5. The molecule has 0 amide bonds. The van der Waals surface area contributed by atoms with Crippen LogP contribution in [0.2, 0.25) is 0 Å². The summed E-state index contributed by atoms with van der Waals surface area (Å²) < 4.78 is 6.62. The number of fused-ring (bicyclic) bond motifs is 2. The minimum absolute atomic E-state index is 0.0146. The van der Waals surface area contributed by atoms with Gasteiger partial charge in [-0.1, -0.05) is 6.07 Å². The summed E-state index contributed by atoms with van der Waals surface area (Å²) >= 11 is 0. The number of hydrogen-bond acceptors (Lipinski definition) is 8. The van der Waals surface area contributed by atoms with Gasteiger partial charge in [0.25, 0.3) is 0 Å². The first-order valence-corrected chi connectivity index (χ1v) is 11.1. The molecule has 1 saturated carbocycles. The number of carbonyl (C=O) groups excluding carboxylic acids is 2. The minimum atomic E-state index is -0.644. The van der Waals surface area contributed by atoms with E-state index < -0.39 is 11.8 Å². The fourth-order valence-corrected chi connectivity index (χ4v) is 4.61. The smallest absolute Gasteiger partial charge is 0.342 e. The number of ether oxygens (including phenoxy) is 1. The van der Waals surface area contributed by atoms with Crippen molar-refractivity contribution in [2.45, 2.75) is 31.7 Å². The Labute approximate surface area is 191 Å². The number of aromatic nitrogens is 4. The zero-order valence-corrected chi connectivity index (χ0v) is 19.0. The molecule has 5 rings (SSSR count). The van der Waals surface area contributed by atoms with Crippen LogP contribution in [0.25, 0.3) is 0 Å². The summed E-state index contributed by atoms with van der Waals surface area (Å²) in [5.41, 5.74) is 4.02. The summed E-state index contributed by atoms with van der Waals surface area (Å²) in [7, 11) is 3.87. The first-order valence-electron chi connectivity index (χ1n) is 11.1.